The van der Waals surface area contributed by atoms with Crippen LogP contribution in [-0.4, -0.2) is 43.4 Å². The van der Waals surface area contributed by atoms with Crippen molar-refractivity contribution in [2.24, 2.45) is 4.99 Å². The van der Waals surface area contributed by atoms with Crippen LogP contribution in [-0.2, 0) is 17.5 Å². The Balaban J connectivity index is 0.00000676. The molecule has 0 aliphatic rings. The maximum absolute atomic E-state index is 13.2. The van der Waals surface area contributed by atoms with E-state index in [2.05, 4.69) is 15.6 Å². The van der Waals surface area contributed by atoms with Crippen molar-refractivity contribution in [3.63, 3.8) is 0 Å². The van der Waals surface area contributed by atoms with Gasteiger partial charge >= 0.3 is 6.18 Å². The number of hydrogen-bond donors (Lipinski definition) is 2. The molecular weight excluding hydrogens is 479 g/mol. The number of nitrogens with one attached hydrogen (secondary N) is 2. The van der Waals surface area contributed by atoms with Crippen LogP contribution in [0.15, 0.2) is 23.2 Å². The van der Waals surface area contributed by atoms with Crippen LogP contribution in [0.5, 0.6) is 0 Å². The molecule has 0 aromatic heterocycles. The van der Waals surface area contributed by atoms with Gasteiger partial charge in [0, 0.05) is 20.1 Å². The smallest absolute Gasteiger partial charge is 0.354 e. The molecule has 0 fully saturated rings. The summed E-state index contributed by atoms with van der Waals surface area (Å²) >= 11 is 0. The highest BCUT2D eigenvalue weighted by Crippen LogP contribution is 2.32. The number of carbonyl (C=O) groups excluding carboxylic acids is 1. The molecular formula is C17H25F4IN4O. The average molecular weight is 504 g/mol. The summed E-state index contributed by atoms with van der Waals surface area (Å²) in [6, 6.07) is 2.49. The molecule has 0 saturated heterocycles. The van der Waals surface area contributed by atoms with E-state index in [9.17, 15) is 22.4 Å². The number of hydrogen-bond acceptors (Lipinski definition) is 2. The van der Waals surface area contributed by atoms with E-state index in [4.69, 9.17) is 0 Å². The SMILES string of the molecule is CCC(C)NC(=NCc1ccc(F)cc1C(F)(F)F)NCC(=O)N(C)C.I. The van der Waals surface area contributed by atoms with E-state index in [1.165, 1.54) is 4.90 Å². The number of guanidine groups is 1. The first-order valence-electron chi connectivity index (χ1n) is 8.15. The number of carbonyl (C=O) groups is 1. The Labute approximate surface area is 173 Å². The van der Waals surface area contributed by atoms with E-state index in [1.807, 2.05) is 13.8 Å². The fourth-order valence-electron chi connectivity index (χ4n) is 1.92. The van der Waals surface area contributed by atoms with E-state index < -0.39 is 17.6 Å². The van der Waals surface area contributed by atoms with Crippen molar-refractivity contribution in [2.45, 2.75) is 39.0 Å². The topological polar surface area (TPSA) is 56.7 Å². The van der Waals surface area contributed by atoms with Crippen LogP contribution in [0.1, 0.15) is 31.4 Å². The molecule has 1 aromatic rings. The molecule has 0 aliphatic carbocycles. The Bertz CT molecular complexity index is 650. The largest absolute Gasteiger partial charge is 0.416 e. The van der Waals surface area contributed by atoms with Gasteiger partial charge in [0.1, 0.15) is 5.82 Å². The monoisotopic (exact) mass is 504 g/mol. The minimum Gasteiger partial charge on any atom is -0.354 e. The molecule has 27 heavy (non-hydrogen) atoms. The van der Waals surface area contributed by atoms with Crippen LogP contribution in [0, 0.1) is 5.82 Å². The third-order valence-electron chi connectivity index (χ3n) is 3.69. The highest BCUT2D eigenvalue weighted by atomic mass is 127. The Kier molecular flexibility index (Phi) is 10.6. The van der Waals surface area contributed by atoms with E-state index in [-0.39, 0.29) is 60.5 Å². The number of nitrogens with zero attached hydrogens (tertiary/aromatic N) is 2. The Hall–Kier alpha value is -1.59. The third-order valence-corrected chi connectivity index (χ3v) is 3.69. The molecule has 1 aromatic carbocycles. The molecule has 0 heterocycles. The number of alkyl halides is 3. The molecule has 10 heteroatoms. The van der Waals surface area contributed by atoms with Crippen molar-refractivity contribution < 1.29 is 22.4 Å². The quantitative estimate of drug-likeness (QED) is 0.271. The van der Waals surface area contributed by atoms with Gasteiger partial charge in [0.15, 0.2) is 5.96 Å². The second-order valence-corrected chi connectivity index (χ2v) is 6.06. The summed E-state index contributed by atoms with van der Waals surface area (Å²) in [5.41, 5.74) is -1.21. The molecule has 5 nitrogen and oxygen atoms in total. The van der Waals surface area contributed by atoms with Gasteiger partial charge in [-0.1, -0.05) is 13.0 Å². The Morgan fingerprint density at radius 2 is 1.93 bits per heavy atom. The normalized spacial score (nSPS) is 12.8. The lowest BCUT2D eigenvalue weighted by Crippen LogP contribution is -2.45. The molecule has 0 saturated carbocycles. The van der Waals surface area contributed by atoms with Gasteiger partial charge in [0.25, 0.3) is 0 Å². The summed E-state index contributed by atoms with van der Waals surface area (Å²) in [5.74, 6) is -0.953. The van der Waals surface area contributed by atoms with Gasteiger partial charge in [-0.2, -0.15) is 13.2 Å². The zero-order valence-electron chi connectivity index (χ0n) is 15.7. The van der Waals surface area contributed by atoms with Crippen molar-refractivity contribution >= 4 is 35.8 Å². The predicted molar refractivity (Wildman–Crippen MR) is 108 cm³/mol. The summed E-state index contributed by atoms with van der Waals surface area (Å²) < 4.78 is 52.4. The molecule has 1 rings (SSSR count). The number of benzene rings is 1. The van der Waals surface area contributed by atoms with E-state index in [1.54, 1.807) is 14.1 Å². The summed E-state index contributed by atoms with van der Waals surface area (Å²) in [6.45, 7) is 3.45. The lowest BCUT2D eigenvalue weighted by molar-refractivity contribution is -0.138. The standard InChI is InChI=1S/C17H24F4N4O.HI/c1-5-11(2)24-16(23-10-15(26)25(3)4)22-9-12-6-7-13(18)8-14(12)17(19,20)21;/h6-8,11H,5,9-10H2,1-4H3,(H2,22,23,24);1H. The zero-order chi connectivity index (χ0) is 19.9. The lowest BCUT2D eigenvalue weighted by Gasteiger charge is -2.18. The van der Waals surface area contributed by atoms with E-state index >= 15 is 0 Å². The molecule has 0 bridgehead atoms. The second-order valence-electron chi connectivity index (χ2n) is 6.06. The fourth-order valence-corrected chi connectivity index (χ4v) is 1.92. The molecule has 0 aliphatic heterocycles. The Morgan fingerprint density at radius 1 is 1.30 bits per heavy atom. The zero-order valence-corrected chi connectivity index (χ0v) is 18.0. The first-order valence-corrected chi connectivity index (χ1v) is 8.15. The van der Waals surface area contributed by atoms with Crippen LogP contribution in [0.25, 0.3) is 0 Å². The second kappa shape index (κ2) is 11.3. The van der Waals surface area contributed by atoms with Gasteiger partial charge in [-0.05, 0) is 31.0 Å². The van der Waals surface area contributed by atoms with Gasteiger partial charge in [0.2, 0.25) is 5.91 Å². The van der Waals surface area contributed by atoms with Crippen LogP contribution >= 0.6 is 24.0 Å². The molecule has 0 spiro atoms. The molecule has 0 radical (unpaired) electrons. The minimum atomic E-state index is -4.68. The van der Waals surface area contributed by atoms with Gasteiger partial charge in [-0.3, -0.25) is 4.79 Å². The molecule has 1 amide bonds. The number of halogens is 5. The maximum atomic E-state index is 13.2. The van der Waals surface area contributed by atoms with Gasteiger partial charge in [-0.25, -0.2) is 9.38 Å². The summed E-state index contributed by atoms with van der Waals surface area (Å²) in [5, 5.41) is 5.81. The van der Waals surface area contributed by atoms with Gasteiger partial charge in [0.05, 0.1) is 18.7 Å². The maximum Gasteiger partial charge on any atom is 0.416 e. The average Bonchev–Trinajstić information content (AvgIpc) is 2.56. The number of likely N-dealkylation sites (N-methyl/N-ethyl adjacent to an activating group) is 1. The van der Waals surface area contributed by atoms with Crippen LogP contribution in [0.2, 0.25) is 0 Å². The minimum absolute atomic E-state index is 0. The summed E-state index contributed by atoms with van der Waals surface area (Å²) in [4.78, 5) is 17.2. The van der Waals surface area contributed by atoms with Gasteiger partial charge < -0.3 is 15.5 Å². The lowest BCUT2D eigenvalue weighted by atomic mass is 10.1. The van der Waals surface area contributed by atoms with Crippen molar-refractivity contribution in [2.75, 3.05) is 20.6 Å². The van der Waals surface area contributed by atoms with Crippen molar-refractivity contribution in [1.82, 2.24) is 15.5 Å². The van der Waals surface area contributed by atoms with Crippen LogP contribution in [0.4, 0.5) is 17.6 Å². The number of aliphatic imine (C=N–C) groups is 1. The number of amides is 1. The van der Waals surface area contributed by atoms with E-state index in [0.717, 1.165) is 18.6 Å². The van der Waals surface area contributed by atoms with E-state index in [0.29, 0.717) is 6.07 Å². The van der Waals surface area contributed by atoms with Crippen molar-refractivity contribution in [3.05, 3.63) is 35.1 Å². The first-order chi connectivity index (χ1) is 12.0. The highest BCUT2D eigenvalue weighted by Gasteiger charge is 2.33. The molecule has 2 N–H and O–H groups in total. The highest BCUT2D eigenvalue weighted by molar-refractivity contribution is 14.0. The van der Waals surface area contributed by atoms with Crippen molar-refractivity contribution in [3.8, 4) is 0 Å². The van der Waals surface area contributed by atoms with Crippen molar-refractivity contribution in [1.29, 1.82) is 0 Å². The summed E-state index contributed by atoms with van der Waals surface area (Å²) in [7, 11) is 3.19. The van der Waals surface area contributed by atoms with Crippen LogP contribution in [0.3, 0.4) is 0 Å². The third kappa shape index (κ3) is 8.76. The summed E-state index contributed by atoms with van der Waals surface area (Å²) in [6.07, 6.45) is -3.92. The Morgan fingerprint density at radius 3 is 2.44 bits per heavy atom. The van der Waals surface area contributed by atoms with Crippen LogP contribution < -0.4 is 10.6 Å². The predicted octanol–water partition coefficient (Wildman–Crippen LogP) is 3.38. The molecule has 154 valence electrons. The fraction of sp³-hybridized carbons (Fsp3) is 0.529. The molecule has 1 atom stereocenters. The molecule has 1 unspecified atom stereocenters. The number of rotatable bonds is 6. The first kappa shape index (κ1) is 25.4. The van der Waals surface area contributed by atoms with Gasteiger partial charge in [-0.15, -0.1) is 24.0 Å².